The number of carbonyl (C=O) groups excluding carboxylic acids is 2. The molecule has 0 fully saturated rings. The quantitative estimate of drug-likeness (QED) is 0.561. The number of anilines is 2. The Morgan fingerprint density at radius 1 is 1.14 bits per heavy atom. The van der Waals surface area contributed by atoms with Gasteiger partial charge in [-0.15, -0.1) is 0 Å². The third-order valence-corrected chi connectivity index (χ3v) is 5.09. The third-order valence-electron chi connectivity index (χ3n) is 4.54. The van der Waals surface area contributed by atoms with Crippen molar-refractivity contribution in [1.82, 2.24) is 5.32 Å². The molecule has 0 saturated carbocycles. The highest BCUT2D eigenvalue weighted by Crippen LogP contribution is 2.34. The Balaban J connectivity index is 2.04. The van der Waals surface area contributed by atoms with Crippen molar-refractivity contribution in [2.45, 2.75) is 19.9 Å². The molecule has 1 aliphatic heterocycles. The Morgan fingerprint density at radius 3 is 2.31 bits per heavy atom. The number of thiocarbonyl (C=S) groups is 1. The van der Waals surface area contributed by atoms with E-state index in [4.69, 9.17) is 28.6 Å². The lowest BCUT2D eigenvalue weighted by Crippen LogP contribution is -2.48. The van der Waals surface area contributed by atoms with E-state index in [1.165, 1.54) is 14.0 Å². The lowest BCUT2D eigenvalue weighted by Gasteiger charge is -2.37. The number of allylic oxidation sites excluding steroid dienone is 1. The number of carbonyl (C=O) groups is 2. The van der Waals surface area contributed by atoms with Crippen LogP contribution in [0.4, 0.5) is 11.4 Å². The molecule has 0 aromatic heterocycles. The van der Waals surface area contributed by atoms with Crippen LogP contribution in [-0.2, 0) is 14.3 Å². The van der Waals surface area contributed by atoms with Crippen LogP contribution in [0.2, 0.25) is 5.02 Å². The zero-order valence-electron chi connectivity index (χ0n) is 16.2. The second kappa shape index (κ2) is 8.63. The summed E-state index contributed by atoms with van der Waals surface area (Å²) in [5.41, 5.74) is 3.38. The molecule has 1 atom stereocenters. The molecule has 8 heteroatoms. The molecule has 29 heavy (non-hydrogen) atoms. The molecule has 1 amide bonds. The van der Waals surface area contributed by atoms with Crippen LogP contribution >= 0.6 is 23.8 Å². The van der Waals surface area contributed by atoms with Crippen LogP contribution < -0.4 is 15.5 Å². The zero-order chi connectivity index (χ0) is 21.1. The predicted octanol–water partition coefficient (Wildman–Crippen LogP) is 4.18. The van der Waals surface area contributed by atoms with E-state index in [2.05, 4.69) is 10.6 Å². The van der Waals surface area contributed by atoms with Gasteiger partial charge in [0.05, 0.1) is 18.7 Å². The highest BCUT2D eigenvalue weighted by Gasteiger charge is 2.35. The van der Waals surface area contributed by atoms with Crippen LogP contribution in [0.5, 0.6) is 0 Å². The minimum Gasteiger partial charge on any atom is -0.466 e. The molecule has 2 aromatic carbocycles. The number of benzene rings is 2. The molecule has 1 heterocycles. The standard InChI is InChI=1S/C21H20ClN3O3S/c1-12-18(20(27)28-3)19(14-4-8-16(9-5-14)23-13(2)26)24-21(29)25(12)17-10-6-15(22)7-11-17/h4-11,19H,1-3H3,(H,23,26)(H,24,29). The smallest absolute Gasteiger partial charge is 0.337 e. The van der Waals surface area contributed by atoms with Crippen molar-refractivity contribution in [2.24, 2.45) is 0 Å². The predicted molar refractivity (Wildman–Crippen MR) is 118 cm³/mol. The number of hydrogen-bond acceptors (Lipinski definition) is 4. The first-order valence-electron chi connectivity index (χ1n) is 8.84. The van der Waals surface area contributed by atoms with Gasteiger partial charge in [0, 0.05) is 29.0 Å². The number of ether oxygens (including phenoxy) is 1. The van der Waals surface area contributed by atoms with Crippen LogP contribution in [0.1, 0.15) is 25.5 Å². The van der Waals surface area contributed by atoms with Gasteiger partial charge in [0.2, 0.25) is 5.91 Å². The largest absolute Gasteiger partial charge is 0.466 e. The molecule has 150 valence electrons. The van der Waals surface area contributed by atoms with E-state index in [9.17, 15) is 9.59 Å². The molecule has 3 rings (SSSR count). The fourth-order valence-corrected chi connectivity index (χ4v) is 3.72. The molecule has 0 spiro atoms. The molecule has 6 nitrogen and oxygen atoms in total. The Labute approximate surface area is 179 Å². The molecular weight excluding hydrogens is 410 g/mol. The second-order valence-corrected chi connectivity index (χ2v) is 7.31. The first-order valence-corrected chi connectivity index (χ1v) is 9.63. The number of rotatable bonds is 4. The second-order valence-electron chi connectivity index (χ2n) is 6.49. The Hall–Kier alpha value is -2.90. The maximum Gasteiger partial charge on any atom is 0.337 e. The van der Waals surface area contributed by atoms with E-state index in [0.29, 0.717) is 27.1 Å². The summed E-state index contributed by atoms with van der Waals surface area (Å²) in [6.45, 7) is 3.27. The first kappa shape index (κ1) is 20.8. The van der Waals surface area contributed by atoms with Crippen molar-refractivity contribution in [3.8, 4) is 0 Å². The van der Waals surface area contributed by atoms with Gasteiger partial charge in [0.15, 0.2) is 5.11 Å². The van der Waals surface area contributed by atoms with Crippen molar-refractivity contribution in [1.29, 1.82) is 0 Å². The van der Waals surface area contributed by atoms with Crippen LogP contribution in [0.25, 0.3) is 0 Å². The van der Waals surface area contributed by atoms with E-state index in [1.54, 1.807) is 29.2 Å². The summed E-state index contributed by atoms with van der Waals surface area (Å²) in [6.07, 6.45) is 0. The van der Waals surface area contributed by atoms with Crippen LogP contribution in [0.15, 0.2) is 59.8 Å². The number of nitrogens with zero attached hydrogens (tertiary/aromatic N) is 1. The summed E-state index contributed by atoms with van der Waals surface area (Å²) < 4.78 is 5.04. The summed E-state index contributed by atoms with van der Waals surface area (Å²) in [5, 5.41) is 7.01. The fraction of sp³-hybridized carbons (Fsp3) is 0.190. The maximum atomic E-state index is 12.6. The van der Waals surface area contributed by atoms with Gasteiger partial charge in [-0.1, -0.05) is 23.7 Å². The molecule has 0 saturated heterocycles. The lowest BCUT2D eigenvalue weighted by atomic mass is 9.94. The third kappa shape index (κ3) is 4.41. The minimum absolute atomic E-state index is 0.153. The number of halogens is 1. The minimum atomic E-state index is -0.482. The summed E-state index contributed by atoms with van der Waals surface area (Å²) in [5.74, 6) is -0.605. The molecule has 0 radical (unpaired) electrons. The van der Waals surface area contributed by atoms with E-state index < -0.39 is 12.0 Å². The normalized spacial score (nSPS) is 16.3. The van der Waals surface area contributed by atoms with Gasteiger partial charge in [0.25, 0.3) is 0 Å². The highest BCUT2D eigenvalue weighted by atomic mass is 35.5. The zero-order valence-corrected chi connectivity index (χ0v) is 17.7. The van der Waals surface area contributed by atoms with Gasteiger partial charge in [-0.25, -0.2) is 4.79 Å². The summed E-state index contributed by atoms with van der Waals surface area (Å²) in [4.78, 5) is 25.7. The lowest BCUT2D eigenvalue weighted by molar-refractivity contribution is -0.136. The molecule has 2 aromatic rings. The van der Waals surface area contributed by atoms with Gasteiger partial charge in [0.1, 0.15) is 0 Å². The van der Waals surface area contributed by atoms with Gasteiger partial charge in [-0.3, -0.25) is 9.69 Å². The SMILES string of the molecule is COC(=O)C1=C(C)N(c2ccc(Cl)cc2)C(=S)NC1c1ccc(NC(C)=O)cc1. The van der Waals surface area contributed by atoms with Gasteiger partial charge in [-0.2, -0.15) is 0 Å². The molecule has 2 N–H and O–H groups in total. The van der Waals surface area contributed by atoms with Crippen molar-refractivity contribution in [3.05, 3.63) is 70.4 Å². The Bertz CT molecular complexity index is 987. The topological polar surface area (TPSA) is 70.7 Å². The van der Waals surface area contributed by atoms with Crippen LogP contribution in [-0.4, -0.2) is 24.1 Å². The summed E-state index contributed by atoms with van der Waals surface area (Å²) >= 11 is 11.6. The molecule has 1 unspecified atom stereocenters. The van der Waals surface area contributed by atoms with Crippen molar-refractivity contribution in [3.63, 3.8) is 0 Å². The average Bonchev–Trinajstić information content (AvgIpc) is 2.68. The number of methoxy groups -OCH3 is 1. The van der Waals surface area contributed by atoms with Crippen molar-refractivity contribution < 1.29 is 14.3 Å². The van der Waals surface area contributed by atoms with Gasteiger partial charge >= 0.3 is 5.97 Å². The Kier molecular flexibility index (Phi) is 6.20. The number of hydrogen-bond donors (Lipinski definition) is 2. The number of esters is 1. The maximum absolute atomic E-state index is 12.6. The Morgan fingerprint density at radius 2 is 1.76 bits per heavy atom. The van der Waals surface area contributed by atoms with Crippen molar-refractivity contribution in [2.75, 3.05) is 17.3 Å². The van der Waals surface area contributed by atoms with E-state index in [0.717, 1.165) is 11.3 Å². The fourth-order valence-electron chi connectivity index (χ4n) is 3.23. The van der Waals surface area contributed by atoms with E-state index >= 15 is 0 Å². The van der Waals surface area contributed by atoms with Gasteiger partial charge in [-0.05, 0) is 61.1 Å². The molecule has 0 aliphatic carbocycles. The van der Waals surface area contributed by atoms with Crippen molar-refractivity contribution >= 4 is 52.2 Å². The van der Waals surface area contributed by atoms with Crippen LogP contribution in [0.3, 0.4) is 0 Å². The molecule has 1 aliphatic rings. The van der Waals surface area contributed by atoms with Gasteiger partial charge < -0.3 is 15.4 Å². The van der Waals surface area contributed by atoms with Crippen LogP contribution in [0, 0.1) is 0 Å². The first-order chi connectivity index (χ1) is 13.8. The monoisotopic (exact) mass is 429 g/mol. The average molecular weight is 430 g/mol. The number of amides is 1. The summed E-state index contributed by atoms with van der Waals surface area (Å²) in [7, 11) is 1.35. The molecule has 0 bridgehead atoms. The molecular formula is C21H20ClN3O3S. The highest BCUT2D eigenvalue weighted by molar-refractivity contribution is 7.80. The van der Waals surface area contributed by atoms with E-state index in [1.807, 2.05) is 31.2 Å². The number of nitrogens with one attached hydrogen (secondary N) is 2. The van der Waals surface area contributed by atoms with E-state index in [-0.39, 0.29) is 5.91 Å². The summed E-state index contributed by atoms with van der Waals surface area (Å²) in [6, 6.07) is 13.9.